The van der Waals surface area contributed by atoms with Crippen LogP contribution in [0.5, 0.6) is 0 Å². The molecule has 0 spiro atoms. The fourth-order valence-electron chi connectivity index (χ4n) is 3.19. The summed E-state index contributed by atoms with van der Waals surface area (Å²) < 4.78 is 59.3. The van der Waals surface area contributed by atoms with Crippen LogP contribution in [0.1, 0.15) is 67.2 Å². The van der Waals surface area contributed by atoms with Gasteiger partial charge in [0.15, 0.2) is 0 Å². The maximum absolute atomic E-state index is 11.4. The Bertz CT molecular complexity index is 718. The smallest absolute Gasteiger partial charge is 0.324 e. The van der Waals surface area contributed by atoms with E-state index in [1.54, 1.807) is 0 Å². The van der Waals surface area contributed by atoms with E-state index in [9.17, 15) is 21.6 Å². The van der Waals surface area contributed by atoms with Crippen molar-refractivity contribution in [3.05, 3.63) is 0 Å². The van der Waals surface area contributed by atoms with Crippen LogP contribution < -0.4 is 0 Å². The first-order valence-electron chi connectivity index (χ1n) is 12.5. The van der Waals surface area contributed by atoms with Crippen molar-refractivity contribution < 1.29 is 30.3 Å². The Kier molecular flexibility index (Phi) is 27.1. The van der Waals surface area contributed by atoms with Crippen LogP contribution in [-0.2, 0) is 14.3 Å². The summed E-state index contributed by atoms with van der Waals surface area (Å²) in [6, 6.07) is 0. The molecule has 0 atom stereocenters. The van der Waals surface area contributed by atoms with Crippen molar-refractivity contribution in [2.45, 2.75) is 72.7 Å². The molecule has 0 aliphatic rings. The topological polar surface area (TPSA) is 71.3 Å². The number of aliphatic imine (C=N–C) groups is 2. The number of quaternary nitrogens is 1. The van der Waals surface area contributed by atoms with E-state index >= 15 is 0 Å². The van der Waals surface area contributed by atoms with Gasteiger partial charge >= 0.3 is 15.6 Å². The first-order valence-corrected chi connectivity index (χ1v) is 14.7. The molecule has 0 amide bonds. The molecule has 0 aromatic heterocycles. The summed E-state index contributed by atoms with van der Waals surface area (Å²) >= 11 is 9.00. The zero-order valence-corrected chi connectivity index (χ0v) is 25.2. The molecule has 0 saturated heterocycles. The van der Waals surface area contributed by atoms with Crippen LogP contribution in [0.4, 0.5) is 13.2 Å². The first kappa shape index (κ1) is 39.7. The molecule has 0 rings (SSSR count). The van der Waals surface area contributed by atoms with Gasteiger partial charge in [-0.1, -0.05) is 27.7 Å². The quantitative estimate of drug-likeness (QED) is 0.0539. The molecule has 13 heteroatoms. The van der Waals surface area contributed by atoms with Gasteiger partial charge in [0.05, 0.1) is 56.2 Å². The van der Waals surface area contributed by atoms with Crippen molar-refractivity contribution in [2.75, 3.05) is 65.5 Å². The molecular formula is C23H46F3N4O3S3+. The average Bonchev–Trinajstić information content (AvgIpc) is 2.85. The average molecular weight is 580 g/mol. The van der Waals surface area contributed by atoms with E-state index in [-0.39, 0.29) is 6.42 Å². The summed E-state index contributed by atoms with van der Waals surface area (Å²) in [5.41, 5.74) is -5.30. The standard InChI is InChI=1S/C11H23N2S.C8H16N2S.C4H7F3O3S/c1-4-9-13(5-2,6-3)10-7-8-12-11-14;1-3-10(4-2)7-5-6-9-8-11;1-2-3-10-11(8,9)4(5,6)7/h4-10H2,1-3H3;3-7H2,1-2H3;2-3H2,1H3/q+1;;. The van der Waals surface area contributed by atoms with Crippen LogP contribution in [0.2, 0.25) is 0 Å². The van der Waals surface area contributed by atoms with E-state index in [1.165, 1.54) is 44.0 Å². The highest BCUT2D eigenvalue weighted by Crippen LogP contribution is 2.24. The molecule has 0 saturated carbocycles. The van der Waals surface area contributed by atoms with Crippen LogP contribution in [-0.4, -0.2) is 99.1 Å². The largest absolute Gasteiger partial charge is 0.523 e. The highest BCUT2D eigenvalue weighted by Gasteiger charge is 2.47. The lowest BCUT2D eigenvalue weighted by molar-refractivity contribution is -0.925. The minimum absolute atomic E-state index is 0.218. The molecule has 0 fully saturated rings. The van der Waals surface area contributed by atoms with E-state index in [0.29, 0.717) is 0 Å². The van der Waals surface area contributed by atoms with Gasteiger partial charge in [-0.25, -0.2) is 9.98 Å². The summed E-state index contributed by atoms with van der Waals surface area (Å²) in [6.45, 7) is 22.2. The fraction of sp³-hybridized carbons (Fsp3) is 0.913. The summed E-state index contributed by atoms with van der Waals surface area (Å²) in [6.07, 6.45) is 3.70. The monoisotopic (exact) mass is 579 g/mol. The molecule has 0 bridgehead atoms. The Morgan fingerprint density at radius 2 is 1.36 bits per heavy atom. The Morgan fingerprint density at radius 1 is 0.861 bits per heavy atom. The van der Waals surface area contributed by atoms with Gasteiger partial charge in [0, 0.05) is 6.42 Å². The Morgan fingerprint density at radius 3 is 1.72 bits per heavy atom. The number of hydrogen-bond acceptors (Lipinski definition) is 8. The normalized spacial score (nSPS) is 11.4. The van der Waals surface area contributed by atoms with E-state index in [2.05, 4.69) is 88.4 Å². The lowest BCUT2D eigenvalue weighted by Crippen LogP contribution is -2.49. The van der Waals surface area contributed by atoms with Gasteiger partial charge in [0.25, 0.3) is 0 Å². The van der Waals surface area contributed by atoms with Crippen molar-refractivity contribution in [1.82, 2.24) is 4.90 Å². The van der Waals surface area contributed by atoms with Crippen LogP contribution in [0.15, 0.2) is 9.98 Å². The lowest BCUT2D eigenvalue weighted by Gasteiger charge is -2.36. The second kappa shape index (κ2) is 24.6. The lowest BCUT2D eigenvalue weighted by atomic mass is 10.2. The zero-order chi connectivity index (χ0) is 28.5. The van der Waals surface area contributed by atoms with Crippen molar-refractivity contribution in [2.24, 2.45) is 9.98 Å². The number of thiocarbonyl (C=S) groups is 2. The van der Waals surface area contributed by atoms with Gasteiger partial charge in [-0.2, -0.15) is 21.6 Å². The molecule has 0 unspecified atom stereocenters. The van der Waals surface area contributed by atoms with E-state index in [4.69, 9.17) is 0 Å². The van der Waals surface area contributed by atoms with Gasteiger partial charge in [-0.15, -0.1) is 0 Å². The molecule has 0 N–H and O–H groups in total. The predicted molar refractivity (Wildman–Crippen MR) is 149 cm³/mol. The number of isothiocyanates is 2. The van der Waals surface area contributed by atoms with Crippen LogP contribution in [0.3, 0.4) is 0 Å². The van der Waals surface area contributed by atoms with Crippen molar-refractivity contribution >= 4 is 44.9 Å². The SMILES string of the molecule is CCCOS(=O)(=O)C(F)(F)F.CCC[N+](CC)(CC)CCCN=C=S.CCN(CC)CCCN=C=S. The number of rotatable bonds is 17. The van der Waals surface area contributed by atoms with Crippen molar-refractivity contribution in [3.8, 4) is 0 Å². The summed E-state index contributed by atoms with van der Waals surface area (Å²) in [5, 5.41) is 4.79. The predicted octanol–water partition coefficient (Wildman–Crippen LogP) is 5.83. The molecular weight excluding hydrogens is 533 g/mol. The highest BCUT2D eigenvalue weighted by molar-refractivity contribution is 7.87. The second-order valence-corrected chi connectivity index (χ2v) is 9.80. The van der Waals surface area contributed by atoms with Crippen LogP contribution in [0.25, 0.3) is 0 Å². The van der Waals surface area contributed by atoms with Crippen LogP contribution in [0, 0.1) is 0 Å². The van der Waals surface area contributed by atoms with Gasteiger partial charge < -0.3 is 9.38 Å². The van der Waals surface area contributed by atoms with Gasteiger partial charge in [0.1, 0.15) is 0 Å². The maximum Gasteiger partial charge on any atom is 0.523 e. The second-order valence-electron chi connectivity index (χ2n) is 7.82. The molecule has 36 heavy (non-hydrogen) atoms. The fourth-order valence-corrected chi connectivity index (χ4v) is 3.89. The Balaban J connectivity index is -0.000000459. The number of alkyl halides is 3. The van der Waals surface area contributed by atoms with Crippen molar-refractivity contribution in [3.63, 3.8) is 0 Å². The number of nitrogens with zero attached hydrogens (tertiary/aromatic N) is 4. The van der Waals surface area contributed by atoms with E-state index < -0.39 is 22.2 Å². The van der Waals surface area contributed by atoms with E-state index in [1.807, 2.05) is 0 Å². The molecule has 7 nitrogen and oxygen atoms in total. The van der Waals surface area contributed by atoms with Gasteiger partial charge in [-0.05, 0) is 77.2 Å². The minimum atomic E-state index is -5.36. The number of hydrogen-bond donors (Lipinski definition) is 0. The summed E-state index contributed by atoms with van der Waals surface area (Å²) in [5.74, 6) is 0. The summed E-state index contributed by atoms with van der Waals surface area (Å²) in [4.78, 5) is 10.2. The van der Waals surface area contributed by atoms with Gasteiger partial charge in [-0.3, -0.25) is 4.18 Å². The molecule has 0 radical (unpaired) electrons. The molecule has 0 aromatic carbocycles. The summed E-state index contributed by atoms with van der Waals surface area (Å²) in [7, 11) is -5.36. The third kappa shape index (κ3) is 21.3. The highest BCUT2D eigenvalue weighted by atomic mass is 32.2. The molecule has 214 valence electrons. The minimum Gasteiger partial charge on any atom is -0.324 e. The van der Waals surface area contributed by atoms with Crippen LogP contribution >= 0.6 is 24.4 Å². The van der Waals surface area contributed by atoms with Gasteiger partial charge in [0.2, 0.25) is 0 Å². The first-order chi connectivity index (χ1) is 16.9. The Hall–Kier alpha value is -0.780. The maximum atomic E-state index is 11.4. The molecule has 0 heterocycles. The number of halogens is 3. The molecule has 0 aliphatic carbocycles. The third-order valence-corrected chi connectivity index (χ3v) is 6.74. The molecule has 0 aromatic rings. The van der Waals surface area contributed by atoms with Crippen molar-refractivity contribution in [1.29, 1.82) is 0 Å². The zero-order valence-electron chi connectivity index (χ0n) is 22.8. The molecule has 0 aliphatic heterocycles. The Labute approximate surface area is 227 Å². The van der Waals surface area contributed by atoms with E-state index in [0.717, 1.165) is 45.6 Å². The third-order valence-electron chi connectivity index (χ3n) is 5.44.